The van der Waals surface area contributed by atoms with Crippen LogP contribution < -0.4 is 5.32 Å². The van der Waals surface area contributed by atoms with Gasteiger partial charge < -0.3 is 20.2 Å². The van der Waals surface area contributed by atoms with E-state index in [1.807, 2.05) is 19.0 Å². The molecule has 1 fully saturated rings. The Morgan fingerprint density at radius 3 is 1.56 bits per heavy atom. The van der Waals surface area contributed by atoms with Crippen LogP contribution in [0.1, 0.15) is 200 Å². The number of aliphatic hydroxyl groups is 1. The number of allylic oxidation sites excluding steroid dienone is 6. The van der Waals surface area contributed by atoms with Crippen LogP contribution in [-0.2, 0) is 9.59 Å². The number of carbonyl (C=O) groups excluding carboxylic acids is 2. The van der Waals surface area contributed by atoms with Gasteiger partial charge in [0, 0.05) is 26.1 Å². The standard InChI is InChI=1S/C46H85N3O3/c1-5-7-9-11-13-15-17-19-21-23-25-27-29-31-33-35-40-47-45(52)46(38-36-39-46)49(42-43(50)41-48(3)4)44(51)37-34-32-30-28-26-24-22-20-18-16-14-12-10-8-6-2/h14,16,19-22,43,50H,5-13,15,17-18,23-42H2,1-4H3,(H,47,52)/b16-14-,21-19-,22-20-. The molecule has 0 bridgehead atoms. The lowest BCUT2D eigenvalue weighted by Crippen LogP contribution is -2.66. The van der Waals surface area contributed by atoms with Crippen molar-refractivity contribution >= 4 is 11.8 Å². The number of amides is 2. The largest absolute Gasteiger partial charge is 0.390 e. The molecule has 0 aromatic carbocycles. The summed E-state index contributed by atoms with van der Waals surface area (Å²) in [4.78, 5) is 31.0. The van der Waals surface area contributed by atoms with E-state index >= 15 is 0 Å². The molecule has 52 heavy (non-hydrogen) atoms. The maximum Gasteiger partial charge on any atom is 0.245 e. The van der Waals surface area contributed by atoms with E-state index in [9.17, 15) is 14.7 Å². The zero-order valence-corrected chi connectivity index (χ0v) is 34.8. The van der Waals surface area contributed by atoms with Gasteiger partial charge in [-0.15, -0.1) is 0 Å². The summed E-state index contributed by atoms with van der Waals surface area (Å²) in [6.45, 7) is 5.87. The second-order valence-corrected chi connectivity index (χ2v) is 16.0. The van der Waals surface area contributed by atoms with E-state index in [4.69, 9.17) is 0 Å². The first-order valence-electron chi connectivity index (χ1n) is 22.2. The van der Waals surface area contributed by atoms with Gasteiger partial charge >= 0.3 is 0 Å². The van der Waals surface area contributed by atoms with Crippen LogP contribution in [-0.4, -0.2) is 72.1 Å². The minimum Gasteiger partial charge on any atom is -0.390 e. The molecule has 1 unspecified atom stereocenters. The number of nitrogens with zero attached hydrogens (tertiary/aromatic N) is 2. The van der Waals surface area contributed by atoms with Crippen LogP contribution in [0.4, 0.5) is 0 Å². The molecule has 0 radical (unpaired) electrons. The van der Waals surface area contributed by atoms with E-state index in [1.54, 1.807) is 4.90 Å². The SMILES string of the molecule is CCCCC/C=C\C/C=C\CCCCCCCC(=O)N(CC(O)CN(C)C)C1(C(=O)NCCCCCCCC/C=C\CCCCCCCC)CCC1. The highest BCUT2D eigenvalue weighted by Gasteiger charge is 2.51. The summed E-state index contributed by atoms with van der Waals surface area (Å²) in [5, 5.41) is 14.1. The second kappa shape index (κ2) is 33.6. The maximum atomic E-state index is 13.7. The fourth-order valence-corrected chi connectivity index (χ4v) is 7.30. The van der Waals surface area contributed by atoms with Gasteiger partial charge in [0.1, 0.15) is 5.54 Å². The summed E-state index contributed by atoms with van der Waals surface area (Å²) in [6, 6.07) is 0. The minimum absolute atomic E-state index is 0.0167. The van der Waals surface area contributed by atoms with E-state index in [0.29, 0.717) is 32.4 Å². The van der Waals surface area contributed by atoms with Crippen molar-refractivity contribution in [3.05, 3.63) is 36.5 Å². The van der Waals surface area contributed by atoms with E-state index in [2.05, 4.69) is 55.6 Å². The number of hydrogen-bond donors (Lipinski definition) is 2. The van der Waals surface area contributed by atoms with Crippen LogP contribution in [0, 0.1) is 0 Å². The third-order valence-corrected chi connectivity index (χ3v) is 10.7. The molecule has 6 nitrogen and oxygen atoms in total. The molecule has 302 valence electrons. The smallest absolute Gasteiger partial charge is 0.245 e. The Morgan fingerprint density at radius 2 is 1.06 bits per heavy atom. The number of β-amino-alcohol motifs (C(OH)–C–C–N with tert-alkyl or cyclic N) is 1. The molecule has 1 aliphatic carbocycles. The van der Waals surface area contributed by atoms with Crippen molar-refractivity contribution in [2.45, 2.75) is 212 Å². The maximum absolute atomic E-state index is 13.7. The Hall–Kier alpha value is -1.92. The number of unbranched alkanes of at least 4 members (excludes halogenated alkanes) is 20. The van der Waals surface area contributed by atoms with Gasteiger partial charge in [0.05, 0.1) is 6.10 Å². The molecule has 0 aliphatic heterocycles. The Morgan fingerprint density at radius 1 is 0.615 bits per heavy atom. The zero-order valence-electron chi connectivity index (χ0n) is 34.8. The Bertz CT molecular complexity index is 939. The van der Waals surface area contributed by atoms with Crippen molar-refractivity contribution in [1.82, 2.24) is 15.1 Å². The van der Waals surface area contributed by atoms with Crippen LogP contribution in [0.25, 0.3) is 0 Å². The highest BCUT2D eigenvalue weighted by atomic mass is 16.3. The molecule has 2 N–H and O–H groups in total. The van der Waals surface area contributed by atoms with Crippen molar-refractivity contribution in [3.8, 4) is 0 Å². The normalized spacial score (nSPS) is 14.9. The first-order valence-corrected chi connectivity index (χ1v) is 22.2. The van der Waals surface area contributed by atoms with Crippen LogP contribution in [0.3, 0.4) is 0 Å². The second-order valence-electron chi connectivity index (χ2n) is 16.0. The highest BCUT2D eigenvalue weighted by Crippen LogP contribution is 2.39. The molecule has 1 aliphatic rings. The number of carbonyl (C=O) groups is 2. The predicted molar refractivity (Wildman–Crippen MR) is 225 cm³/mol. The summed E-state index contributed by atoms with van der Waals surface area (Å²) < 4.78 is 0. The molecular formula is C46H85N3O3. The number of aliphatic hydroxyl groups excluding tert-OH is 1. The third-order valence-electron chi connectivity index (χ3n) is 10.7. The summed E-state index contributed by atoms with van der Waals surface area (Å²) in [7, 11) is 3.86. The van der Waals surface area contributed by atoms with E-state index in [1.165, 1.54) is 116 Å². The summed E-state index contributed by atoms with van der Waals surface area (Å²) in [5.41, 5.74) is -0.802. The van der Waals surface area contributed by atoms with Crippen molar-refractivity contribution in [1.29, 1.82) is 0 Å². The van der Waals surface area contributed by atoms with Gasteiger partial charge in [-0.05, 0) is 104 Å². The lowest BCUT2D eigenvalue weighted by atomic mass is 9.74. The first-order chi connectivity index (χ1) is 25.4. The van der Waals surface area contributed by atoms with Crippen molar-refractivity contribution in [2.24, 2.45) is 0 Å². The molecule has 0 saturated heterocycles. The minimum atomic E-state index is -0.802. The Labute approximate surface area is 322 Å². The topological polar surface area (TPSA) is 72.9 Å². The fraction of sp³-hybridized carbons (Fsp3) is 0.826. The summed E-state index contributed by atoms with van der Waals surface area (Å²) in [6.07, 6.45) is 46.4. The quantitative estimate of drug-likeness (QED) is 0.0498. The van der Waals surface area contributed by atoms with Crippen molar-refractivity contribution in [3.63, 3.8) is 0 Å². The Balaban J connectivity index is 2.34. The average Bonchev–Trinajstić information content (AvgIpc) is 3.10. The van der Waals surface area contributed by atoms with Crippen molar-refractivity contribution in [2.75, 3.05) is 33.7 Å². The number of nitrogens with one attached hydrogen (secondary N) is 1. The fourth-order valence-electron chi connectivity index (χ4n) is 7.30. The van der Waals surface area contributed by atoms with Crippen LogP contribution >= 0.6 is 0 Å². The number of hydrogen-bond acceptors (Lipinski definition) is 4. The van der Waals surface area contributed by atoms with Gasteiger partial charge in [-0.1, -0.05) is 140 Å². The summed E-state index contributed by atoms with van der Waals surface area (Å²) in [5.74, 6) is 0.00697. The molecule has 1 rings (SSSR count). The van der Waals surface area contributed by atoms with Gasteiger partial charge in [0.25, 0.3) is 0 Å². The first kappa shape index (κ1) is 48.1. The lowest BCUT2D eigenvalue weighted by molar-refractivity contribution is -0.156. The van der Waals surface area contributed by atoms with E-state index in [-0.39, 0.29) is 18.4 Å². The number of rotatable bonds is 36. The van der Waals surface area contributed by atoms with Gasteiger partial charge in [-0.2, -0.15) is 0 Å². The lowest BCUT2D eigenvalue weighted by Gasteiger charge is -2.49. The van der Waals surface area contributed by atoms with Crippen LogP contribution in [0.5, 0.6) is 0 Å². The molecule has 0 aromatic rings. The Kier molecular flexibility index (Phi) is 31.1. The molecule has 0 heterocycles. The average molecular weight is 728 g/mol. The van der Waals surface area contributed by atoms with Gasteiger partial charge in [0.2, 0.25) is 11.8 Å². The van der Waals surface area contributed by atoms with E-state index in [0.717, 1.165) is 51.4 Å². The third kappa shape index (κ3) is 24.4. The molecule has 0 aromatic heterocycles. The molecular weight excluding hydrogens is 643 g/mol. The van der Waals surface area contributed by atoms with Gasteiger partial charge in [-0.3, -0.25) is 9.59 Å². The van der Waals surface area contributed by atoms with Crippen molar-refractivity contribution < 1.29 is 14.7 Å². The molecule has 1 atom stereocenters. The van der Waals surface area contributed by atoms with Crippen LogP contribution in [0.15, 0.2) is 36.5 Å². The number of likely N-dealkylation sites (N-methyl/N-ethyl adjacent to an activating group) is 1. The molecule has 2 amide bonds. The zero-order chi connectivity index (χ0) is 38.0. The molecule has 6 heteroatoms. The van der Waals surface area contributed by atoms with E-state index < -0.39 is 11.6 Å². The van der Waals surface area contributed by atoms with Gasteiger partial charge in [0.15, 0.2) is 0 Å². The molecule has 1 saturated carbocycles. The monoisotopic (exact) mass is 728 g/mol. The van der Waals surface area contributed by atoms with Crippen LogP contribution in [0.2, 0.25) is 0 Å². The highest BCUT2D eigenvalue weighted by molar-refractivity contribution is 5.92. The molecule has 0 spiro atoms. The van der Waals surface area contributed by atoms with Gasteiger partial charge in [-0.25, -0.2) is 0 Å². The predicted octanol–water partition coefficient (Wildman–Crippen LogP) is 11.6. The summed E-state index contributed by atoms with van der Waals surface area (Å²) >= 11 is 0.